The number of rotatable bonds is 3. The molecule has 21 heavy (non-hydrogen) atoms. The highest BCUT2D eigenvalue weighted by Crippen LogP contribution is 2.55. The van der Waals surface area contributed by atoms with Gasteiger partial charge in [0.15, 0.2) is 0 Å². The van der Waals surface area contributed by atoms with E-state index < -0.39 is 0 Å². The Morgan fingerprint density at radius 3 is 2.10 bits per heavy atom. The molecule has 0 aromatic rings. The van der Waals surface area contributed by atoms with Crippen LogP contribution in [0.1, 0.15) is 64.2 Å². The van der Waals surface area contributed by atoms with E-state index in [1.807, 2.05) is 0 Å². The van der Waals surface area contributed by atoms with E-state index in [-0.39, 0.29) is 5.54 Å². The van der Waals surface area contributed by atoms with Crippen molar-refractivity contribution in [1.82, 2.24) is 4.90 Å². The van der Waals surface area contributed by atoms with Crippen molar-refractivity contribution in [2.75, 3.05) is 7.05 Å². The van der Waals surface area contributed by atoms with Crippen molar-refractivity contribution >= 4 is 5.91 Å². The average molecular weight is 290 g/mol. The van der Waals surface area contributed by atoms with Crippen molar-refractivity contribution in [1.29, 1.82) is 0 Å². The maximum atomic E-state index is 12.8. The molecule has 4 bridgehead atoms. The van der Waals surface area contributed by atoms with Gasteiger partial charge >= 0.3 is 0 Å². The van der Waals surface area contributed by atoms with E-state index >= 15 is 0 Å². The van der Waals surface area contributed by atoms with E-state index in [9.17, 15) is 4.79 Å². The summed E-state index contributed by atoms with van der Waals surface area (Å²) in [5.41, 5.74) is 6.23. The first kappa shape index (κ1) is 14.0. The van der Waals surface area contributed by atoms with Crippen LogP contribution in [0.25, 0.3) is 0 Å². The van der Waals surface area contributed by atoms with Crippen LogP contribution in [0, 0.1) is 23.7 Å². The van der Waals surface area contributed by atoms with Crippen molar-refractivity contribution in [3.63, 3.8) is 0 Å². The number of amides is 1. The second-order valence-corrected chi connectivity index (χ2v) is 8.67. The highest BCUT2D eigenvalue weighted by atomic mass is 16.2. The molecule has 5 aliphatic rings. The van der Waals surface area contributed by atoms with Crippen LogP contribution < -0.4 is 5.73 Å². The first-order chi connectivity index (χ1) is 10.0. The molecule has 0 radical (unpaired) electrons. The summed E-state index contributed by atoms with van der Waals surface area (Å²) >= 11 is 0. The molecule has 118 valence electrons. The van der Waals surface area contributed by atoms with Gasteiger partial charge in [0.1, 0.15) is 0 Å². The number of hydrogen-bond acceptors (Lipinski definition) is 2. The van der Waals surface area contributed by atoms with Gasteiger partial charge in [-0.25, -0.2) is 0 Å². The second-order valence-electron chi connectivity index (χ2n) is 8.67. The third-order valence-electron chi connectivity index (χ3n) is 7.12. The largest absolute Gasteiger partial charge is 0.342 e. The molecule has 3 nitrogen and oxygen atoms in total. The maximum absolute atomic E-state index is 12.8. The molecule has 5 rings (SSSR count). The number of nitrogens with two attached hydrogens (primary N) is 1. The van der Waals surface area contributed by atoms with Crippen LogP contribution in [-0.2, 0) is 4.79 Å². The standard InChI is InChI=1S/C18H30N2O/c1-20(16(21)11-18(19)4-2-3-5-18)17-14-7-12-6-13(9-14)10-15(17)8-12/h12-15,17H,2-11,19H2,1H3. The molecule has 0 spiro atoms. The van der Waals surface area contributed by atoms with Gasteiger partial charge < -0.3 is 10.6 Å². The summed E-state index contributed by atoms with van der Waals surface area (Å²) in [5, 5.41) is 0. The van der Waals surface area contributed by atoms with E-state index in [2.05, 4.69) is 11.9 Å². The van der Waals surface area contributed by atoms with Gasteiger partial charge in [-0.05, 0) is 68.6 Å². The van der Waals surface area contributed by atoms with Crippen molar-refractivity contribution in [2.45, 2.75) is 75.8 Å². The number of nitrogens with zero attached hydrogens (tertiary/aromatic N) is 1. The minimum atomic E-state index is -0.197. The van der Waals surface area contributed by atoms with E-state index in [1.54, 1.807) is 0 Å². The Hall–Kier alpha value is -0.570. The predicted molar refractivity (Wildman–Crippen MR) is 83.6 cm³/mol. The van der Waals surface area contributed by atoms with Crippen molar-refractivity contribution in [3.8, 4) is 0 Å². The summed E-state index contributed by atoms with van der Waals surface area (Å²) in [6.45, 7) is 0. The quantitative estimate of drug-likeness (QED) is 0.868. The van der Waals surface area contributed by atoms with Gasteiger partial charge in [0.25, 0.3) is 0 Å². The Bertz CT molecular complexity index is 399. The minimum Gasteiger partial charge on any atom is -0.342 e. The average Bonchev–Trinajstić information content (AvgIpc) is 2.83. The van der Waals surface area contributed by atoms with Gasteiger partial charge in [-0.3, -0.25) is 4.79 Å². The maximum Gasteiger partial charge on any atom is 0.224 e. The van der Waals surface area contributed by atoms with Gasteiger partial charge in [0.2, 0.25) is 5.91 Å². The van der Waals surface area contributed by atoms with Crippen LogP contribution in [0.3, 0.4) is 0 Å². The summed E-state index contributed by atoms with van der Waals surface area (Å²) in [6.07, 6.45) is 12.0. The Morgan fingerprint density at radius 1 is 1.05 bits per heavy atom. The molecule has 1 amide bonds. The normalized spacial score (nSPS) is 43.2. The van der Waals surface area contributed by atoms with Crippen LogP contribution in [0.2, 0.25) is 0 Å². The summed E-state index contributed by atoms with van der Waals surface area (Å²) in [7, 11) is 2.06. The van der Waals surface area contributed by atoms with Gasteiger partial charge in [-0.1, -0.05) is 12.8 Å². The first-order valence-electron chi connectivity index (χ1n) is 9.09. The molecule has 0 aromatic heterocycles. The van der Waals surface area contributed by atoms with Crippen LogP contribution >= 0.6 is 0 Å². The molecular weight excluding hydrogens is 260 g/mol. The van der Waals surface area contributed by atoms with Crippen LogP contribution in [0.15, 0.2) is 0 Å². The molecule has 0 heterocycles. The fraction of sp³-hybridized carbons (Fsp3) is 0.944. The van der Waals surface area contributed by atoms with Crippen LogP contribution in [0.5, 0.6) is 0 Å². The zero-order valence-corrected chi connectivity index (χ0v) is 13.4. The van der Waals surface area contributed by atoms with Crippen LogP contribution in [-0.4, -0.2) is 29.4 Å². The predicted octanol–water partition coefficient (Wildman–Crippen LogP) is 2.93. The molecular formula is C18H30N2O. The lowest BCUT2D eigenvalue weighted by Gasteiger charge is -2.56. The fourth-order valence-corrected chi connectivity index (χ4v) is 6.38. The third kappa shape index (κ3) is 2.42. The summed E-state index contributed by atoms with van der Waals surface area (Å²) in [4.78, 5) is 14.9. The third-order valence-corrected chi connectivity index (χ3v) is 7.12. The Kier molecular flexibility index (Phi) is 3.33. The first-order valence-corrected chi connectivity index (χ1v) is 9.09. The Balaban J connectivity index is 1.44. The van der Waals surface area contributed by atoms with E-state index in [0.29, 0.717) is 18.4 Å². The Morgan fingerprint density at radius 2 is 1.57 bits per heavy atom. The lowest BCUT2D eigenvalue weighted by molar-refractivity contribution is -0.142. The van der Waals surface area contributed by atoms with E-state index in [0.717, 1.165) is 36.5 Å². The molecule has 5 fully saturated rings. The van der Waals surface area contributed by atoms with Crippen LogP contribution in [0.4, 0.5) is 0 Å². The lowest BCUT2D eigenvalue weighted by atomic mass is 9.54. The Labute approximate surface area is 128 Å². The fourth-order valence-electron chi connectivity index (χ4n) is 6.38. The molecule has 3 heteroatoms. The topological polar surface area (TPSA) is 46.3 Å². The molecule has 5 aliphatic carbocycles. The van der Waals surface area contributed by atoms with Gasteiger partial charge in [-0.2, -0.15) is 0 Å². The smallest absolute Gasteiger partial charge is 0.224 e. The minimum absolute atomic E-state index is 0.197. The molecule has 0 unspecified atom stereocenters. The SMILES string of the molecule is CN(C(=O)CC1(N)CCCC1)C1C2CC3CC(C2)CC1C3. The van der Waals surface area contributed by atoms with Gasteiger partial charge in [0.05, 0.1) is 0 Å². The number of carbonyl (C=O) groups excluding carboxylic acids is 1. The molecule has 0 aromatic carbocycles. The highest BCUT2D eigenvalue weighted by molar-refractivity contribution is 5.77. The summed E-state index contributed by atoms with van der Waals surface area (Å²) < 4.78 is 0. The summed E-state index contributed by atoms with van der Waals surface area (Å²) in [5.74, 6) is 3.84. The van der Waals surface area contributed by atoms with Crippen molar-refractivity contribution in [2.24, 2.45) is 29.4 Å². The summed E-state index contributed by atoms with van der Waals surface area (Å²) in [6, 6.07) is 0.523. The van der Waals surface area contributed by atoms with Crippen molar-refractivity contribution in [3.05, 3.63) is 0 Å². The highest BCUT2D eigenvalue weighted by Gasteiger charge is 2.50. The molecule has 0 saturated heterocycles. The lowest BCUT2D eigenvalue weighted by Crippen LogP contribution is -2.57. The zero-order valence-electron chi connectivity index (χ0n) is 13.4. The van der Waals surface area contributed by atoms with Crippen molar-refractivity contribution < 1.29 is 4.79 Å². The number of hydrogen-bond donors (Lipinski definition) is 1. The molecule has 0 atom stereocenters. The van der Waals surface area contributed by atoms with Gasteiger partial charge in [0, 0.05) is 25.0 Å². The molecule has 0 aliphatic heterocycles. The molecule has 2 N–H and O–H groups in total. The number of carbonyl (C=O) groups is 1. The molecule has 5 saturated carbocycles. The van der Waals surface area contributed by atoms with E-state index in [1.165, 1.54) is 44.9 Å². The second kappa shape index (κ2) is 4.97. The monoisotopic (exact) mass is 290 g/mol. The zero-order chi connectivity index (χ0) is 14.6. The van der Waals surface area contributed by atoms with Gasteiger partial charge in [-0.15, -0.1) is 0 Å². The van der Waals surface area contributed by atoms with E-state index in [4.69, 9.17) is 5.73 Å².